The van der Waals surface area contributed by atoms with E-state index in [1.807, 2.05) is 32.0 Å². The zero-order valence-corrected chi connectivity index (χ0v) is 14.6. The van der Waals surface area contributed by atoms with E-state index >= 15 is 0 Å². The predicted octanol–water partition coefficient (Wildman–Crippen LogP) is 2.96. The average molecular weight is 327 g/mol. The van der Waals surface area contributed by atoms with Gasteiger partial charge in [-0.2, -0.15) is 0 Å². The lowest BCUT2D eigenvalue weighted by Gasteiger charge is -2.15. The fraction of sp³-hybridized carbons (Fsp3) is 0.421. The number of guanidine groups is 1. The summed E-state index contributed by atoms with van der Waals surface area (Å²) in [5.41, 5.74) is 2.39. The van der Waals surface area contributed by atoms with Crippen LogP contribution < -0.4 is 15.4 Å². The van der Waals surface area contributed by atoms with Gasteiger partial charge >= 0.3 is 0 Å². The number of ether oxygens (including phenoxy) is 1. The van der Waals surface area contributed by atoms with Crippen LogP contribution in [-0.2, 0) is 13.0 Å². The third-order valence-electron chi connectivity index (χ3n) is 4.11. The van der Waals surface area contributed by atoms with Crippen molar-refractivity contribution < 1.29 is 9.15 Å². The van der Waals surface area contributed by atoms with Crippen molar-refractivity contribution in [3.63, 3.8) is 0 Å². The standard InChI is InChI=1S/C19H25N3O2/c1-4-20-19(21-11-16-9-13(2)23-14(16)3)22-12-17-10-15-7-5-6-8-18(15)24-17/h5-9,17H,4,10-12H2,1-3H3,(H2,20,21,22). The Labute approximate surface area is 143 Å². The van der Waals surface area contributed by atoms with Crippen molar-refractivity contribution in [3.05, 3.63) is 53.0 Å². The van der Waals surface area contributed by atoms with E-state index < -0.39 is 0 Å². The molecule has 0 amide bonds. The van der Waals surface area contributed by atoms with Crippen molar-refractivity contribution in [1.29, 1.82) is 0 Å². The lowest BCUT2D eigenvalue weighted by Crippen LogP contribution is -2.42. The third kappa shape index (κ3) is 3.91. The second-order valence-electron chi connectivity index (χ2n) is 6.07. The molecule has 2 N–H and O–H groups in total. The molecule has 128 valence electrons. The van der Waals surface area contributed by atoms with E-state index in [0.29, 0.717) is 6.54 Å². The molecule has 0 bridgehead atoms. The minimum atomic E-state index is 0.143. The summed E-state index contributed by atoms with van der Waals surface area (Å²) in [6, 6.07) is 10.3. The molecule has 5 nitrogen and oxygen atoms in total. The van der Waals surface area contributed by atoms with E-state index in [4.69, 9.17) is 9.15 Å². The van der Waals surface area contributed by atoms with Crippen molar-refractivity contribution in [2.75, 3.05) is 13.1 Å². The third-order valence-corrected chi connectivity index (χ3v) is 4.11. The minimum absolute atomic E-state index is 0.143. The first-order valence-electron chi connectivity index (χ1n) is 8.48. The van der Waals surface area contributed by atoms with E-state index in [-0.39, 0.29) is 6.10 Å². The first kappa shape index (κ1) is 16.4. The predicted molar refractivity (Wildman–Crippen MR) is 95.6 cm³/mol. The van der Waals surface area contributed by atoms with Gasteiger partial charge in [0.2, 0.25) is 0 Å². The van der Waals surface area contributed by atoms with Gasteiger partial charge in [0.25, 0.3) is 0 Å². The van der Waals surface area contributed by atoms with Crippen molar-refractivity contribution in [2.45, 2.75) is 39.8 Å². The highest BCUT2D eigenvalue weighted by Gasteiger charge is 2.22. The minimum Gasteiger partial charge on any atom is -0.488 e. The maximum absolute atomic E-state index is 5.96. The number of benzene rings is 1. The van der Waals surface area contributed by atoms with Crippen LogP contribution in [-0.4, -0.2) is 25.2 Å². The SMILES string of the molecule is CCNC(=NCc1cc(C)oc1C)NCC1Cc2ccccc2O1. The normalized spacial score (nSPS) is 16.6. The van der Waals surface area contributed by atoms with Crippen LogP contribution in [0.15, 0.2) is 39.7 Å². The van der Waals surface area contributed by atoms with Crippen LogP contribution in [0.4, 0.5) is 0 Å². The summed E-state index contributed by atoms with van der Waals surface area (Å²) >= 11 is 0. The van der Waals surface area contributed by atoms with Crippen LogP contribution >= 0.6 is 0 Å². The number of para-hydroxylation sites is 1. The number of aryl methyl sites for hydroxylation is 2. The maximum atomic E-state index is 5.96. The van der Waals surface area contributed by atoms with Crippen LogP contribution in [0.3, 0.4) is 0 Å². The highest BCUT2D eigenvalue weighted by Crippen LogP contribution is 2.27. The molecule has 0 spiro atoms. The fourth-order valence-electron chi connectivity index (χ4n) is 2.92. The Hall–Kier alpha value is -2.43. The second kappa shape index (κ2) is 7.43. The van der Waals surface area contributed by atoms with Crippen molar-refractivity contribution >= 4 is 5.96 Å². The van der Waals surface area contributed by atoms with E-state index in [0.717, 1.165) is 48.3 Å². The topological polar surface area (TPSA) is 58.8 Å². The summed E-state index contributed by atoms with van der Waals surface area (Å²) in [5.74, 6) is 3.65. The monoisotopic (exact) mass is 327 g/mol. The van der Waals surface area contributed by atoms with Crippen molar-refractivity contribution in [3.8, 4) is 5.75 Å². The molecule has 1 aromatic carbocycles. The summed E-state index contributed by atoms with van der Waals surface area (Å²) in [6.45, 7) is 8.14. The van der Waals surface area contributed by atoms with E-state index in [2.05, 4.69) is 34.7 Å². The molecule has 1 aromatic heterocycles. The van der Waals surface area contributed by atoms with Gasteiger partial charge in [-0.25, -0.2) is 4.99 Å². The van der Waals surface area contributed by atoms with Crippen LogP contribution in [0.1, 0.15) is 29.6 Å². The average Bonchev–Trinajstić information content (AvgIpc) is 3.12. The molecular formula is C19H25N3O2. The molecule has 2 aromatic rings. The highest BCUT2D eigenvalue weighted by molar-refractivity contribution is 5.79. The van der Waals surface area contributed by atoms with Crippen LogP contribution in [0.2, 0.25) is 0 Å². The molecule has 1 aliphatic rings. The van der Waals surface area contributed by atoms with Gasteiger partial charge in [-0.15, -0.1) is 0 Å². The van der Waals surface area contributed by atoms with Gasteiger partial charge < -0.3 is 19.8 Å². The molecule has 0 saturated heterocycles. The molecule has 5 heteroatoms. The van der Waals surface area contributed by atoms with E-state index in [1.165, 1.54) is 5.56 Å². The highest BCUT2D eigenvalue weighted by atomic mass is 16.5. The van der Waals surface area contributed by atoms with E-state index in [1.54, 1.807) is 0 Å². The van der Waals surface area contributed by atoms with E-state index in [9.17, 15) is 0 Å². The molecule has 1 aliphatic heterocycles. The maximum Gasteiger partial charge on any atom is 0.191 e. The first-order chi connectivity index (χ1) is 11.7. The van der Waals surface area contributed by atoms with Crippen LogP contribution in [0.5, 0.6) is 5.75 Å². The molecule has 0 fully saturated rings. The second-order valence-corrected chi connectivity index (χ2v) is 6.07. The summed E-state index contributed by atoms with van der Waals surface area (Å²) < 4.78 is 11.5. The fourth-order valence-corrected chi connectivity index (χ4v) is 2.92. The smallest absolute Gasteiger partial charge is 0.191 e. The molecule has 0 radical (unpaired) electrons. The Balaban J connectivity index is 1.56. The van der Waals surface area contributed by atoms with Gasteiger partial charge in [0, 0.05) is 18.5 Å². The Kier molecular flexibility index (Phi) is 5.08. The zero-order valence-electron chi connectivity index (χ0n) is 14.6. The molecule has 2 heterocycles. The Morgan fingerprint density at radius 2 is 2.08 bits per heavy atom. The van der Waals surface area contributed by atoms with Gasteiger partial charge in [0.15, 0.2) is 5.96 Å². The van der Waals surface area contributed by atoms with Gasteiger partial charge in [-0.05, 0) is 38.5 Å². The molecule has 0 saturated carbocycles. The molecule has 1 unspecified atom stereocenters. The molecule has 24 heavy (non-hydrogen) atoms. The lowest BCUT2D eigenvalue weighted by atomic mass is 10.1. The summed E-state index contributed by atoms with van der Waals surface area (Å²) in [7, 11) is 0. The number of nitrogens with zero attached hydrogens (tertiary/aromatic N) is 1. The van der Waals surface area contributed by atoms with Crippen LogP contribution in [0.25, 0.3) is 0 Å². The number of hydrogen-bond donors (Lipinski definition) is 2. The van der Waals surface area contributed by atoms with Gasteiger partial charge in [0.1, 0.15) is 23.4 Å². The molecule has 0 aliphatic carbocycles. The quantitative estimate of drug-likeness (QED) is 0.655. The van der Waals surface area contributed by atoms with Crippen molar-refractivity contribution in [1.82, 2.24) is 10.6 Å². The van der Waals surface area contributed by atoms with Crippen molar-refractivity contribution in [2.24, 2.45) is 4.99 Å². The Morgan fingerprint density at radius 3 is 2.79 bits per heavy atom. The number of nitrogens with one attached hydrogen (secondary N) is 2. The number of fused-ring (bicyclic) bond motifs is 1. The number of aliphatic imine (C=N–C) groups is 1. The summed E-state index contributed by atoms with van der Waals surface area (Å²) in [4.78, 5) is 4.65. The summed E-state index contributed by atoms with van der Waals surface area (Å²) in [5, 5.41) is 6.65. The largest absolute Gasteiger partial charge is 0.488 e. The van der Waals surface area contributed by atoms with Gasteiger partial charge in [-0.3, -0.25) is 0 Å². The zero-order chi connectivity index (χ0) is 16.9. The molecule has 3 rings (SSSR count). The number of hydrogen-bond acceptors (Lipinski definition) is 3. The first-order valence-corrected chi connectivity index (χ1v) is 8.48. The molecular weight excluding hydrogens is 302 g/mol. The summed E-state index contributed by atoms with van der Waals surface area (Å²) in [6.07, 6.45) is 1.08. The Bertz CT molecular complexity index is 696. The Morgan fingerprint density at radius 1 is 1.25 bits per heavy atom. The molecule has 1 atom stereocenters. The lowest BCUT2D eigenvalue weighted by molar-refractivity contribution is 0.235. The van der Waals surface area contributed by atoms with Gasteiger partial charge in [-0.1, -0.05) is 18.2 Å². The van der Waals surface area contributed by atoms with Crippen LogP contribution in [0, 0.1) is 13.8 Å². The van der Waals surface area contributed by atoms with Gasteiger partial charge in [0.05, 0.1) is 13.1 Å². The number of furan rings is 1. The number of rotatable bonds is 5.